The van der Waals surface area contributed by atoms with Crippen LogP contribution in [-0.4, -0.2) is 40.6 Å². The Hall–Kier alpha value is -0.570. The number of benzene rings is 1. The second kappa shape index (κ2) is 8.90. The molecule has 1 aromatic carbocycles. The van der Waals surface area contributed by atoms with Crippen molar-refractivity contribution >= 4 is 40.2 Å². The Kier molecular flexibility index (Phi) is 7.88. The average Bonchev–Trinajstić information content (AvgIpc) is 2.43. The molecule has 0 spiro atoms. The first-order valence-electron chi connectivity index (χ1n) is 6.84. The van der Waals surface area contributed by atoms with Gasteiger partial charge in [0.25, 0.3) is 0 Å². The van der Waals surface area contributed by atoms with Crippen LogP contribution in [0.1, 0.15) is 31.1 Å². The topological polar surface area (TPSA) is 65.0 Å². The smallest absolute Gasteiger partial charge is 0.338 e. The molecule has 124 valence electrons. The van der Waals surface area contributed by atoms with Crippen molar-refractivity contribution in [2.24, 2.45) is 0 Å². The van der Waals surface area contributed by atoms with Crippen molar-refractivity contribution in [2.75, 3.05) is 19.8 Å². The summed E-state index contributed by atoms with van der Waals surface area (Å²) in [7, 11) is 0. The van der Waals surface area contributed by atoms with E-state index in [4.69, 9.17) is 25.8 Å². The Bertz CT molecular complexity index is 501. The molecule has 5 nitrogen and oxygen atoms in total. The van der Waals surface area contributed by atoms with Crippen LogP contribution in [0, 0.1) is 0 Å². The van der Waals surface area contributed by atoms with E-state index < -0.39 is 15.7 Å². The Labute approximate surface area is 149 Å². The summed E-state index contributed by atoms with van der Waals surface area (Å²) in [6.07, 6.45) is -0.465. The predicted molar refractivity (Wildman–Crippen MR) is 93.0 cm³/mol. The Morgan fingerprint density at radius 1 is 1.45 bits per heavy atom. The van der Waals surface area contributed by atoms with E-state index in [9.17, 15) is 9.90 Å². The van der Waals surface area contributed by atoms with E-state index in [-0.39, 0.29) is 13.2 Å². The lowest BCUT2D eigenvalue weighted by Gasteiger charge is -2.25. The lowest BCUT2D eigenvalue weighted by Crippen LogP contribution is -2.32. The Morgan fingerprint density at radius 3 is 2.64 bits per heavy atom. The summed E-state index contributed by atoms with van der Waals surface area (Å²) in [4.78, 5) is 11.6. The van der Waals surface area contributed by atoms with Crippen LogP contribution in [0.25, 0.3) is 0 Å². The van der Waals surface area contributed by atoms with Gasteiger partial charge in [0.2, 0.25) is 0 Å². The predicted octanol–water partition coefficient (Wildman–Crippen LogP) is 3.44. The molecule has 0 aliphatic rings. The number of aliphatic hydroxyl groups is 1. The van der Waals surface area contributed by atoms with Crippen LogP contribution in [-0.2, 0) is 9.47 Å². The number of alkyl halides is 1. The maximum absolute atomic E-state index is 11.6. The van der Waals surface area contributed by atoms with Crippen molar-refractivity contribution in [2.45, 2.75) is 30.5 Å². The lowest BCUT2D eigenvalue weighted by molar-refractivity contribution is -0.0522. The molecule has 1 N–H and O–H groups in total. The van der Waals surface area contributed by atoms with Crippen molar-refractivity contribution in [1.82, 2.24) is 0 Å². The van der Waals surface area contributed by atoms with E-state index >= 15 is 0 Å². The summed E-state index contributed by atoms with van der Waals surface area (Å²) in [6.45, 7) is 5.80. The van der Waals surface area contributed by atoms with Gasteiger partial charge in [-0.15, -0.1) is 0 Å². The SMILES string of the molecule is CCOC(=O)c1ccc(OCC(CO)OC(C)(C)I)c(Cl)c1. The van der Waals surface area contributed by atoms with Gasteiger partial charge in [0.1, 0.15) is 22.1 Å². The van der Waals surface area contributed by atoms with Gasteiger partial charge in [0, 0.05) is 0 Å². The summed E-state index contributed by atoms with van der Waals surface area (Å²) in [5.74, 6) is -0.0118. The number of rotatable bonds is 8. The molecule has 0 heterocycles. The van der Waals surface area contributed by atoms with Gasteiger partial charge < -0.3 is 19.3 Å². The lowest BCUT2D eigenvalue weighted by atomic mass is 10.2. The van der Waals surface area contributed by atoms with Gasteiger partial charge in [-0.25, -0.2) is 4.79 Å². The molecule has 0 saturated carbocycles. The molecule has 0 aromatic heterocycles. The van der Waals surface area contributed by atoms with Crippen LogP contribution in [0.4, 0.5) is 0 Å². The van der Waals surface area contributed by atoms with Crippen LogP contribution in [0.2, 0.25) is 5.02 Å². The van der Waals surface area contributed by atoms with Gasteiger partial charge in [-0.3, -0.25) is 0 Å². The fourth-order valence-electron chi connectivity index (χ4n) is 1.66. The molecule has 1 atom stereocenters. The third-order valence-corrected chi connectivity index (χ3v) is 3.07. The molecule has 1 aromatic rings. The normalized spacial score (nSPS) is 12.8. The van der Waals surface area contributed by atoms with Gasteiger partial charge in [-0.05, 0) is 61.6 Å². The van der Waals surface area contributed by atoms with E-state index in [0.717, 1.165) is 0 Å². The molecule has 1 unspecified atom stereocenters. The second-order valence-electron chi connectivity index (χ2n) is 4.96. The fraction of sp³-hybridized carbons (Fsp3) is 0.533. The largest absolute Gasteiger partial charge is 0.489 e. The van der Waals surface area contributed by atoms with Crippen molar-refractivity contribution in [3.05, 3.63) is 28.8 Å². The highest BCUT2D eigenvalue weighted by molar-refractivity contribution is 14.1. The minimum absolute atomic E-state index is 0.154. The summed E-state index contributed by atoms with van der Waals surface area (Å²) in [5.41, 5.74) is 0.363. The van der Waals surface area contributed by atoms with Crippen LogP contribution in [0.15, 0.2) is 18.2 Å². The molecule has 0 fully saturated rings. The number of aliphatic hydroxyl groups excluding tert-OH is 1. The molecular formula is C15H20ClIO5. The highest BCUT2D eigenvalue weighted by atomic mass is 127. The number of hydrogen-bond acceptors (Lipinski definition) is 5. The van der Waals surface area contributed by atoms with Crippen LogP contribution >= 0.6 is 34.2 Å². The van der Waals surface area contributed by atoms with E-state index in [1.807, 2.05) is 13.8 Å². The second-order valence-corrected chi connectivity index (χ2v) is 7.97. The average molecular weight is 443 g/mol. The molecule has 22 heavy (non-hydrogen) atoms. The molecule has 7 heteroatoms. The first-order valence-corrected chi connectivity index (χ1v) is 8.29. The Balaban J connectivity index is 2.68. The minimum Gasteiger partial charge on any atom is -0.489 e. The van der Waals surface area contributed by atoms with Gasteiger partial charge in [0.05, 0.1) is 23.8 Å². The van der Waals surface area contributed by atoms with Crippen LogP contribution in [0.3, 0.4) is 0 Å². The standard InChI is InChI=1S/C15H20ClIO5/c1-4-20-14(19)10-5-6-13(12(16)7-10)21-9-11(8-18)22-15(2,3)17/h5-7,11,18H,4,8-9H2,1-3H3. The zero-order chi connectivity index (χ0) is 16.8. The third-order valence-electron chi connectivity index (χ3n) is 2.52. The summed E-state index contributed by atoms with van der Waals surface area (Å²) in [5, 5.41) is 9.61. The number of halogens is 2. The Morgan fingerprint density at radius 2 is 2.14 bits per heavy atom. The molecule has 0 radical (unpaired) electrons. The number of esters is 1. The van der Waals surface area contributed by atoms with E-state index in [2.05, 4.69) is 22.6 Å². The molecule has 0 aliphatic heterocycles. The maximum Gasteiger partial charge on any atom is 0.338 e. The maximum atomic E-state index is 11.6. The van der Waals surface area contributed by atoms with E-state index in [1.165, 1.54) is 6.07 Å². The first-order chi connectivity index (χ1) is 10.3. The van der Waals surface area contributed by atoms with Crippen molar-refractivity contribution < 1.29 is 24.1 Å². The molecule has 0 amide bonds. The van der Waals surface area contributed by atoms with Crippen molar-refractivity contribution in [3.8, 4) is 5.75 Å². The fourth-order valence-corrected chi connectivity index (χ4v) is 2.26. The monoisotopic (exact) mass is 442 g/mol. The van der Waals surface area contributed by atoms with Gasteiger partial charge in [-0.2, -0.15) is 0 Å². The summed E-state index contributed by atoms with van der Waals surface area (Å²) >= 11 is 8.22. The highest BCUT2D eigenvalue weighted by Crippen LogP contribution is 2.27. The highest BCUT2D eigenvalue weighted by Gasteiger charge is 2.21. The number of hydrogen-bond donors (Lipinski definition) is 1. The molecule has 1 rings (SSSR count). The van der Waals surface area contributed by atoms with Crippen molar-refractivity contribution in [1.29, 1.82) is 0 Å². The van der Waals surface area contributed by atoms with Gasteiger partial charge in [-0.1, -0.05) is 11.6 Å². The van der Waals surface area contributed by atoms with E-state index in [1.54, 1.807) is 19.1 Å². The molecular weight excluding hydrogens is 423 g/mol. The van der Waals surface area contributed by atoms with Crippen molar-refractivity contribution in [3.63, 3.8) is 0 Å². The summed E-state index contributed by atoms with van der Waals surface area (Å²) in [6, 6.07) is 4.67. The molecule has 0 saturated heterocycles. The third kappa shape index (κ3) is 6.68. The quantitative estimate of drug-likeness (QED) is 0.380. The first kappa shape index (κ1) is 19.5. The minimum atomic E-state index is -0.465. The van der Waals surface area contributed by atoms with Gasteiger partial charge >= 0.3 is 5.97 Å². The number of carbonyl (C=O) groups excluding carboxylic acids is 1. The zero-order valence-electron chi connectivity index (χ0n) is 12.8. The summed E-state index contributed by atoms with van der Waals surface area (Å²) < 4.78 is 15.7. The van der Waals surface area contributed by atoms with Crippen LogP contribution < -0.4 is 4.74 Å². The number of carbonyl (C=O) groups is 1. The van der Waals surface area contributed by atoms with Crippen LogP contribution in [0.5, 0.6) is 5.75 Å². The van der Waals surface area contributed by atoms with Gasteiger partial charge in [0.15, 0.2) is 0 Å². The number of ether oxygens (including phenoxy) is 3. The molecule has 0 bridgehead atoms. The molecule has 0 aliphatic carbocycles. The van der Waals surface area contributed by atoms with E-state index in [0.29, 0.717) is 22.9 Å². The zero-order valence-corrected chi connectivity index (χ0v) is 15.7.